The van der Waals surface area contributed by atoms with E-state index >= 15 is 0 Å². The minimum Gasteiger partial charge on any atom is -0.496 e. The monoisotopic (exact) mass is 390 g/mol. The molecule has 1 amide bonds. The predicted molar refractivity (Wildman–Crippen MR) is 111 cm³/mol. The third-order valence-electron chi connectivity index (χ3n) is 4.13. The van der Waals surface area contributed by atoms with Crippen molar-refractivity contribution in [3.05, 3.63) is 78.4 Å². The number of aromatic nitrogens is 1. The number of ether oxygens (including phenoxy) is 2. The highest BCUT2D eigenvalue weighted by Crippen LogP contribution is 2.31. The van der Waals surface area contributed by atoms with Crippen molar-refractivity contribution >= 4 is 32.6 Å². The summed E-state index contributed by atoms with van der Waals surface area (Å²) in [5.74, 6) is 2.07. The van der Waals surface area contributed by atoms with Gasteiger partial charge < -0.3 is 14.8 Å². The highest BCUT2D eigenvalue weighted by molar-refractivity contribution is 7.22. The zero-order valence-electron chi connectivity index (χ0n) is 15.2. The number of fused-ring (bicyclic) bond motifs is 1. The number of benzene rings is 3. The Balaban J connectivity index is 1.47. The normalized spacial score (nSPS) is 10.6. The van der Waals surface area contributed by atoms with Crippen LogP contribution in [0.1, 0.15) is 5.56 Å². The molecule has 6 heteroatoms. The molecular weight excluding hydrogens is 372 g/mol. The smallest absolute Gasteiger partial charge is 0.230 e. The van der Waals surface area contributed by atoms with Crippen LogP contribution in [-0.2, 0) is 11.2 Å². The average Bonchev–Trinajstić information content (AvgIpc) is 3.10. The molecule has 0 spiro atoms. The standard InChI is InChI=1S/C22H18N2O3S/c1-26-19-10-6-5-7-15(19)13-21(25)24-22-23-18-12-11-17(14-20(18)28-22)27-16-8-3-2-4-9-16/h2-12,14H,13H2,1H3,(H,23,24,25). The lowest BCUT2D eigenvalue weighted by Crippen LogP contribution is -2.14. The highest BCUT2D eigenvalue weighted by atomic mass is 32.1. The molecule has 140 valence electrons. The van der Waals surface area contributed by atoms with Crippen LogP contribution in [0.5, 0.6) is 17.2 Å². The summed E-state index contributed by atoms with van der Waals surface area (Å²) < 4.78 is 12.1. The number of para-hydroxylation sites is 2. The zero-order chi connectivity index (χ0) is 19.3. The number of amides is 1. The first kappa shape index (κ1) is 18.0. The number of hydrogen-bond donors (Lipinski definition) is 1. The Kier molecular flexibility index (Phi) is 5.21. The maximum Gasteiger partial charge on any atom is 0.230 e. The fourth-order valence-corrected chi connectivity index (χ4v) is 3.74. The van der Waals surface area contributed by atoms with Crippen molar-refractivity contribution in [2.24, 2.45) is 0 Å². The molecule has 0 aliphatic rings. The fourth-order valence-electron chi connectivity index (χ4n) is 2.83. The topological polar surface area (TPSA) is 60.5 Å². The van der Waals surface area contributed by atoms with Crippen molar-refractivity contribution in [2.45, 2.75) is 6.42 Å². The number of thiazole rings is 1. The van der Waals surface area contributed by atoms with Gasteiger partial charge in [0.05, 0.1) is 23.7 Å². The van der Waals surface area contributed by atoms with E-state index in [4.69, 9.17) is 9.47 Å². The van der Waals surface area contributed by atoms with Gasteiger partial charge in [-0.1, -0.05) is 47.7 Å². The number of rotatable bonds is 6. The van der Waals surface area contributed by atoms with Crippen LogP contribution in [0.3, 0.4) is 0 Å². The van der Waals surface area contributed by atoms with Crippen LogP contribution in [0.4, 0.5) is 5.13 Å². The van der Waals surface area contributed by atoms with E-state index in [1.165, 1.54) is 11.3 Å². The molecule has 3 aromatic carbocycles. The maximum atomic E-state index is 12.4. The lowest BCUT2D eigenvalue weighted by Gasteiger charge is -2.07. The molecule has 1 heterocycles. The van der Waals surface area contributed by atoms with E-state index in [1.54, 1.807) is 7.11 Å². The molecule has 5 nitrogen and oxygen atoms in total. The van der Waals surface area contributed by atoms with Gasteiger partial charge in [-0.25, -0.2) is 4.98 Å². The Labute approximate surface area is 166 Å². The van der Waals surface area contributed by atoms with Gasteiger partial charge in [0.15, 0.2) is 5.13 Å². The zero-order valence-corrected chi connectivity index (χ0v) is 16.0. The minimum absolute atomic E-state index is 0.135. The van der Waals surface area contributed by atoms with E-state index in [1.807, 2.05) is 72.8 Å². The number of anilines is 1. The van der Waals surface area contributed by atoms with Crippen LogP contribution in [0.15, 0.2) is 72.8 Å². The molecule has 0 radical (unpaired) electrons. The second-order valence-electron chi connectivity index (χ2n) is 6.10. The first-order valence-electron chi connectivity index (χ1n) is 8.76. The molecule has 0 aliphatic carbocycles. The number of carbonyl (C=O) groups is 1. The summed E-state index contributed by atoms with van der Waals surface area (Å²) in [6, 6.07) is 22.8. The largest absolute Gasteiger partial charge is 0.496 e. The molecule has 0 fully saturated rings. The van der Waals surface area contributed by atoms with E-state index in [0.717, 1.165) is 27.3 Å². The molecule has 0 unspecified atom stereocenters. The van der Waals surface area contributed by atoms with Crippen LogP contribution in [-0.4, -0.2) is 18.0 Å². The van der Waals surface area contributed by atoms with Gasteiger partial charge in [0, 0.05) is 11.6 Å². The summed E-state index contributed by atoms with van der Waals surface area (Å²) in [4.78, 5) is 16.9. The number of nitrogens with one attached hydrogen (secondary N) is 1. The summed E-state index contributed by atoms with van der Waals surface area (Å²) >= 11 is 1.42. The third-order valence-corrected chi connectivity index (χ3v) is 5.06. The van der Waals surface area contributed by atoms with E-state index < -0.39 is 0 Å². The van der Waals surface area contributed by atoms with Gasteiger partial charge in [-0.05, 0) is 30.3 Å². The summed E-state index contributed by atoms with van der Waals surface area (Å²) in [7, 11) is 1.60. The number of hydrogen-bond acceptors (Lipinski definition) is 5. The van der Waals surface area contributed by atoms with Gasteiger partial charge in [-0.15, -0.1) is 0 Å². The fraction of sp³-hybridized carbons (Fsp3) is 0.0909. The molecule has 1 N–H and O–H groups in total. The van der Waals surface area contributed by atoms with Crippen LogP contribution in [0.25, 0.3) is 10.2 Å². The number of carbonyl (C=O) groups excluding carboxylic acids is 1. The Morgan fingerprint density at radius 1 is 1.00 bits per heavy atom. The van der Waals surface area contributed by atoms with Crippen molar-refractivity contribution in [3.63, 3.8) is 0 Å². The van der Waals surface area contributed by atoms with Crippen molar-refractivity contribution in [2.75, 3.05) is 12.4 Å². The molecule has 0 saturated heterocycles. The van der Waals surface area contributed by atoms with Gasteiger partial charge in [0.1, 0.15) is 17.2 Å². The molecule has 4 aromatic rings. The average molecular weight is 390 g/mol. The lowest BCUT2D eigenvalue weighted by atomic mass is 10.1. The molecule has 1 aromatic heterocycles. The van der Waals surface area contributed by atoms with Crippen LogP contribution < -0.4 is 14.8 Å². The second-order valence-corrected chi connectivity index (χ2v) is 7.13. The molecule has 0 aliphatic heterocycles. The Morgan fingerprint density at radius 2 is 1.79 bits per heavy atom. The minimum atomic E-state index is -0.135. The lowest BCUT2D eigenvalue weighted by molar-refractivity contribution is -0.115. The van der Waals surface area contributed by atoms with Crippen molar-refractivity contribution in [1.82, 2.24) is 4.98 Å². The molecule has 0 saturated carbocycles. The van der Waals surface area contributed by atoms with Gasteiger partial charge in [-0.2, -0.15) is 0 Å². The van der Waals surface area contributed by atoms with Crippen LogP contribution in [0.2, 0.25) is 0 Å². The van der Waals surface area contributed by atoms with Gasteiger partial charge >= 0.3 is 0 Å². The Morgan fingerprint density at radius 3 is 2.61 bits per heavy atom. The summed E-state index contributed by atoms with van der Waals surface area (Å²) in [6.07, 6.45) is 0.225. The van der Waals surface area contributed by atoms with E-state index in [2.05, 4.69) is 10.3 Å². The quantitative estimate of drug-likeness (QED) is 0.487. The van der Waals surface area contributed by atoms with Crippen molar-refractivity contribution in [1.29, 1.82) is 0 Å². The van der Waals surface area contributed by atoms with Crippen molar-refractivity contribution in [3.8, 4) is 17.2 Å². The third kappa shape index (κ3) is 4.13. The predicted octanol–water partition coefficient (Wildman–Crippen LogP) is 5.28. The molecule has 0 bridgehead atoms. The molecule has 28 heavy (non-hydrogen) atoms. The van der Waals surface area contributed by atoms with Gasteiger partial charge in [0.2, 0.25) is 5.91 Å². The molecule has 4 rings (SSSR count). The second kappa shape index (κ2) is 8.10. The SMILES string of the molecule is COc1ccccc1CC(=O)Nc1nc2ccc(Oc3ccccc3)cc2s1. The van der Waals surface area contributed by atoms with Gasteiger partial charge in [-0.3, -0.25) is 4.79 Å². The highest BCUT2D eigenvalue weighted by Gasteiger charge is 2.12. The number of methoxy groups -OCH3 is 1. The summed E-state index contributed by atoms with van der Waals surface area (Å²) in [5.41, 5.74) is 1.65. The van der Waals surface area contributed by atoms with Gasteiger partial charge in [0.25, 0.3) is 0 Å². The first-order valence-corrected chi connectivity index (χ1v) is 9.58. The molecular formula is C22H18N2O3S. The van der Waals surface area contributed by atoms with E-state index in [-0.39, 0.29) is 12.3 Å². The van der Waals surface area contributed by atoms with Crippen molar-refractivity contribution < 1.29 is 14.3 Å². The Bertz CT molecular complexity index is 1110. The summed E-state index contributed by atoms with van der Waals surface area (Å²) in [5, 5.41) is 3.43. The summed E-state index contributed by atoms with van der Waals surface area (Å²) in [6.45, 7) is 0. The van der Waals surface area contributed by atoms with E-state index in [9.17, 15) is 4.79 Å². The van der Waals surface area contributed by atoms with E-state index in [0.29, 0.717) is 10.9 Å². The van der Waals surface area contributed by atoms with Crippen LogP contribution in [0, 0.1) is 0 Å². The number of nitrogens with zero attached hydrogens (tertiary/aromatic N) is 1. The Hall–Kier alpha value is -3.38. The first-order chi connectivity index (χ1) is 13.7. The molecule has 0 atom stereocenters. The maximum absolute atomic E-state index is 12.4. The van der Waals surface area contributed by atoms with Crippen LogP contribution >= 0.6 is 11.3 Å².